The first kappa shape index (κ1) is 15.1. The van der Waals surface area contributed by atoms with Gasteiger partial charge in [-0.3, -0.25) is 4.79 Å². The summed E-state index contributed by atoms with van der Waals surface area (Å²) in [5, 5.41) is 0. The molecule has 6 heteroatoms. The maximum Gasteiger partial charge on any atom is 0.307 e. The van der Waals surface area contributed by atoms with Gasteiger partial charge in [0, 0.05) is 6.04 Å². The second-order valence-electron chi connectivity index (χ2n) is 3.85. The van der Waals surface area contributed by atoms with Crippen LogP contribution in [0.15, 0.2) is 12.1 Å². The van der Waals surface area contributed by atoms with Crippen LogP contribution in [-0.4, -0.2) is 34.4 Å². The molecule has 2 N–H and O–H groups in total. The SMILES string of the molecule is COC(=O)C[C@@H](N)c1cc(OC)c(OC)c(OC)c1. The van der Waals surface area contributed by atoms with Crippen LogP contribution in [0, 0.1) is 0 Å². The summed E-state index contributed by atoms with van der Waals surface area (Å²) < 4.78 is 20.3. The smallest absolute Gasteiger partial charge is 0.307 e. The second-order valence-corrected chi connectivity index (χ2v) is 3.85. The Kier molecular flexibility index (Phi) is 5.44. The summed E-state index contributed by atoms with van der Waals surface area (Å²) in [5.41, 5.74) is 6.67. The van der Waals surface area contributed by atoms with Crippen LogP contribution in [0.25, 0.3) is 0 Å². The Morgan fingerprint density at radius 2 is 1.63 bits per heavy atom. The minimum atomic E-state index is -0.499. The largest absolute Gasteiger partial charge is 0.493 e. The maximum absolute atomic E-state index is 11.2. The first-order valence-electron chi connectivity index (χ1n) is 5.69. The van der Waals surface area contributed by atoms with Crippen LogP contribution < -0.4 is 19.9 Å². The average Bonchev–Trinajstić information content (AvgIpc) is 2.44. The molecule has 106 valence electrons. The summed E-state index contributed by atoms with van der Waals surface area (Å²) >= 11 is 0. The van der Waals surface area contributed by atoms with E-state index in [-0.39, 0.29) is 12.4 Å². The number of hydrogen-bond donors (Lipinski definition) is 1. The lowest BCUT2D eigenvalue weighted by Crippen LogP contribution is -2.16. The fourth-order valence-corrected chi connectivity index (χ4v) is 1.70. The molecule has 0 aromatic heterocycles. The van der Waals surface area contributed by atoms with Gasteiger partial charge >= 0.3 is 5.97 Å². The van der Waals surface area contributed by atoms with Crippen molar-refractivity contribution in [3.8, 4) is 17.2 Å². The van der Waals surface area contributed by atoms with Crippen molar-refractivity contribution >= 4 is 5.97 Å². The average molecular weight is 269 g/mol. The van der Waals surface area contributed by atoms with Gasteiger partial charge in [-0.05, 0) is 17.7 Å². The van der Waals surface area contributed by atoms with Gasteiger partial charge in [0.05, 0.1) is 34.9 Å². The van der Waals surface area contributed by atoms with Gasteiger partial charge in [0.15, 0.2) is 11.5 Å². The van der Waals surface area contributed by atoms with Crippen LogP contribution in [0.2, 0.25) is 0 Å². The van der Waals surface area contributed by atoms with E-state index in [0.717, 1.165) is 0 Å². The first-order chi connectivity index (χ1) is 9.07. The molecule has 19 heavy (non-hydrogen) atoms. The number of carbonyl (C=O) groups excluding carboxylic acids is 1. The molecule has 0 spiro atoms. The third kappa shape index (κ3) is 3.51. The number of carbonyl (C=O) groups is 1. The van der Waals surface area contributed by atoms with E-state index in [1.54, 1.807) is 12.1 Å². The quantitative estimate of drug-likeness (QED) is 0.783. The molecular weight excluding hydrogens is 250 g/mol. The molecule has 0 saturated carbocycles. The monoisotopic (exact) mass is 269 g/mol. The highest BCUT2D eigenvalue weighted by Gasteiger charge is 2.18. The molecule has 0 aliphatic heterocycles. The number of nitrogens with two attached hydrogens (primary N) is 1. The van der Waals surface area contributed by atoms with Gasteiger partial charge in [0.2, 0.25) is 5.75 Å². The normalized spacial score (nSPS) is 11.6. The summed E-state index contributed by atoms with van der Waals surface area (Å²) in [6.07, 6.45) is 0.0785. The Labute approximate surface area is 112 Å². The van der Waals surface area contributed by atoms with Crippen LogP contribution in [0.4, 0.5) is 0 Å². The zero-order valence-corrected chi connectivity index (χ0v) is 11.6. The molecule has 0 heterocycles. The second kappa shape index (κ2) is 6.84. The van der Waals surface area contributed by atoms with Crippen LogP contribution >= 0.6 is 0 Å². The summed E-state index contributed by atoms with van der Waals surface area (Å²) in [5.74, 6) is 1.11. The van der Waals surface area contributed by atoms with Crippen LogP contribution in [0.5, 0.6) is 17.2 Å². The minimum Gasteiger partial charge on any atom is -0.493 e. The van der Waals surface area contributed by atoms with Gasteiger partial charge in [-0.1, -0.05) is 0 Å². The lowest BCUT2D eigenvalue weighted by atomic mass is 10.0. The maximum atomic E-state index is 11.2. The van der Waals surface area contributed by atoms with E-state index in [2.05, 4.69) is 4.74 Å². The number of rotatable bonds is 6. The molecule has 0 bridgehead atoms. The van der Waals surface area contributed by atoms with Crippen molar-refractivity contribution in [3.63, 3.8) is 0 Å². The molecule has 0 radical (unpaired) electrons. The Hall–Kier alpha value is -1.95. The zero-order chi connectivity index (χ0) is 14.4. The van der Waals surface area contributed by atoms with Gasteiger partial charge in [-0.2, -0.15) is 0 Å². The molecule has 0 amide bonds. The molecule has 0 aliphatic rings. The molecule has 0 fully saturated rings. The van der Waals surface area contributed by atoms with E-state index in [1.807, 2.05) is 0 Å². The number of methoxy groups -OCH3 is 4. The standard InChI is InChI=1S/C13H19NO5/c1-16-10-5-8(9(14)7-12(15)18-3)6-11(17-2)13(10)19-4/h5-6,9H,7,14H2,1-4H3/t9-/m1/s1. The summed E-state index contributed by atoms with van der Waals surface area (Å²) in [6, 6.07) is 2.94. The van der Waals surface area contributed by atoms with E-state index >= 15 is 0 Å². The lowest BCUT2D eigenvalue weighted by molar-refractivity contribution is -0.141. The number of benzene rings is 1. The molecule has 0 saturated heterocycles. The topological polar surface area (TPSA) is 80.0 Å². The highest BCUT2D eigenvalue weighted by atomic mass is 16.5. The van der Waals surface area contributed by atoms with E-state index in [0.29, 0.717) is 22.8 Å². The number of hydrogen-bond acceptors (Lipinski definition) is 6. The molecule has 1 rings (SSSR count). The zero-order valence-electron chi connectivity index (χ0n) is 11.6. The van der Waals surface area contributed by atoms with E-state index in [9.17, 15) is 4.79 Å². The fraction of sp³-hybridized carbons (Fsp3) is 0.462. The van der Waals surface area contributed by atoms with Crippen molar-refractivity contribution in [2.45, 2.75) is 12.5 Å². The Balaban J connectivity index is 3.11. The predicted molar refractivity (Wildman–Crippen MR) is 69.7 cm³/mol. The molecular formula is C13H19NO5. The Morgan fingerprint density at radius 3 is 2.00 bits per heavy atom. The minimum absolute atomic E-state index is 0.0785. The van der Waals surface area contributed by atoms with Crippen molar-refractivity contribution < 1.29 is 23.7 Å². The van der Waals surface area contributed by atoms with Crippen molar-refractivity contribution in [2.24, 2.45) is 5.73 Å². The van der Waals surface area contributed by atoms with E-state index < -0.39 is 6.04 Å². The van der Waals surface area contributed by atoms with Crippen molar-refractivity contribution in [2.75, 3.05) is 28.4 Å². The Bertz CT molecular complexity index is 422. The van der Waals surface area contributed by atoms with Gasteiger partial charge in [0.25, 0.3) is 0 Å². The van der Waals surface area contributed by atoms with Crippen molar-refractivity contribution in [1.29, 1.82) is 0 Å². The molecule has 1 atom stereocenters. The predicted octanol–water partition coefficient (Wildman–Crippen LogP) is 1.28. The molecule has 0 unspecified atom stereocenters. The van der Waals surface area contributed by atoms with Gasteiger partial charge in [-0.15, -0.1) is 0 Å². The molecule has 1 aromatic rings. The van der Waals surface area contributed by atoms with E-state index in [4.69, 9.17) is 19.9 Å². The number of ether oxygens (including phenoxy) is 4. The van der Waals surface area contributed by atoms with Crippen molar-refractivity contribution in [3.05, 3.63) is 17.7 Å². The first-order valence-corrected chi connectivity index (χ1v) is 5.69. The van der Waals surface area contributed by atoms with Crippen LogP contribution in [-0.2, 0) is 9.53 Å². The van der Waals surface area contributed by atoms with Crippen LogP contribution in [0.1, 0.15) is 18.0 Å². The highest BCUT2D eigenvalue weighted by Crippen LogP contribution is 2.39. The fourth-order valence-electron chi connectivity index (χ4n) is 1.70. The number of esters is 1. The third-order valence-corrected chi connectivity index (χ3v) is 2.73. The summed E-state index contributed by atoms with van der Waals surface area (Å²) in [4.78, 5) is 11.2. The van der Waals surface area contributed by atoms with Gasteiger partial charge in [0.1, 0.15) is 0 Å². The molecule has 0 aliphatic carbocycles. The van der Waals surface area contributed by atoms with Crippen LogP contribution in [0.3, 0.4) is 0 Å². The summed E-state index contributed by atoms with van der Waals surface area (Å²) in [6.45, 7) is 0. The van der Waals surface area contributed by atoms with Crippen molar-refractivity contribution in [1.82, 2.24) is 0 Å². The molecule has 6 nitrogen and oxygen atoms in total. The van der Waals surface area contributed by atoms with Gasteiger partial charge < -0.3 is 24.7 Å². The third-order valence-electron chi connectivity index (χ3n) is 2.73. The van der Waals surface area contributed by atoms with Gasteiger partial charge in [-0.25, -0.2) is 0 Å². The summed E-state index contributed by atoms with van der Waals surface area (Å²) in [7, 11) is 5.89. The Morgan fingerprint density at radius 1 is 1.11 bits per heavy atom. The van der Waals surface area contributed by atoms with E-state index in [1.165, 1.54) is 28.4 Å². The molecule has 1 aromatic carbocycles. The highest BCUT2D eigenvalue weighted by molar-refractivity contribution is 5.70. The lowest BCUT2D eigenvalue weighted by Gasteiger charge is -2.17.